The third kappa shape index (κ3) is 2.94. The first-order valence-corrected chi connectivity index (χ1v) is 6.56. The van der Waals surface area contributed by atoms with Crippen LogP contribution in [0.3, 0.4) is 0 Å². The SMILES string of the molecule is CC(Cl)(C(=O)O)c1ccc(-c2ccc(S)cc2)cc1. The van der Waals surface area contributed by atoms with Gasteiger partial charge >= 0.3 is 5.97 Å². The van der Waals surface area contributed by atoms with Crippen molar-refractivity contribution in [2.24, 2.45) is 0 Å². The molecule has 0 amide bonds. The number of benzene rings is 2. The summed E-state index contributed by atoms with van der Waals surface area (Å²) in [7, 11) is 0. The average Bonchev–Trinajstić information content (AvgIpc) is 2.39. The summed E-state index contributed by atoms with van der Waals surface area (Å²) in [6.45, 7) is 1.47. The molecule has 0 saturated heterocycles. The monoisotopic (exact) mass is 292 g/mol. The van der Waals surface area contributed by atoms with Crippen LogP contribution in [0.1, 0.15) is 12.5 Å². The lowest BCUT2D eigenvalue weighted by Gasteiger charge is -2.17. The van der Waals surface area contributed by atoms with Crippen LogP contribution in [-0.2, 0) is 9.67 Å². The molecule has 1 atom stereocenters. The Labute approximate surface area is 122 Å². The Kier molecular flexibility index (Phi) is 3.88. The average molecular weight is 293 g/mol. The second-order valence-corrected chi connectivity index (χ2v) is 5.70. The van der Waals surface area contributed by atoms with E-state index in [4.69, 9.17) is 16.7 Å². The molecule has 0 bridgehead atoms. The van der Waals surface area contributed by atoms with Gasteiger partial charge < -0.3 is 5.11 Å². The minimum atomic E-state index is -1.40. The third-order valence-corrected chi connectivity index (χ3v) is 3.71. The number of halogens is 1. The molecule has 0 aromatic heterocycles. The fraction of sp³-hybridized carbons (Fsp3) is 0.133. The van der Waals surface area contributed by atoms with Crippen molar-refractivity contribution in [2.45, 2.75) is 16.7 Å². The van der Waals surface area contributed by atoms with E-state index in [9.17, 15) is 4.79 Å². The second-order valence-electron chi connectivity index (χ2n) is 4.43. The van der Waals surface area contributed by atoms with Crippen LogP contribution in [-0.4, -0.2) is 11.1 Å². The topological polar surface area (TPSA) is 37.3 Å². The van der Waals surface area contributed by atoms with E-state index in [0.29, 0.717) is 5.56 Å². The van der Waals surface area contributed by atoms with Crippen LogP contribution < -0.4 is 0 Å². The molecule has 0 heterocycles. The Balaban J connectivity index is 2.33. The fourth-order valence-electron chi connectivity index (χ4n) is 1.75. The molecule has 2 aromatic rings. The van der Waals surface area contributed by atoms with Crippen LogP contribution in [0.15, 0.2) is 53.4 Å². The van der Waals surface area contributed by atoms with Gasteiger partial charge in [0.05, 0.1) is 0 Å². The van der Waals surface area contributed by atoms with Gasteiger partial charge in [-0.1, -0.05) is 36.4 Å². The summed E-state index contributed by atoms with van der Waals surface area (Å²) in [6, 6.07) is 15.0. The fourth-order valence-corrected chi connectivity index (χ4v) is 2.03. The Morgan fingerprint density at radius 2 is 1.47 bits per heavy atom. The highest BCUT2D eigenvalue weighted by Crippen LogP contribution is 2.30. The Hall–Kier alpha value is -1.45. The maximum Gasteiger partial charge on any atom is 0.329 e. The van der Waals surface area contributed by atoms with Gasteiger partial charge in [-0.3, -0.25) is 0 Å². The minimum absolute atomic E-state index is 0.566. The first-order valence-electron chi connectivity index (χ1n) is 5.73. The van der Waals surface area contributed by atoms with Gasteiger partial charge in [0.1, 0.15) is 0 Å². The lowest BCUT2D eigenvalue weighted by molar-refractivity contribution is -0.139. The quantitative estimate of drug-likeness (QED) is 0.658. The highest BCUT2D eigenvalue weighted by atomic mass is 35.5. The van der Waals surface area contributed by atoms with Gasteiger partial charge in [-0.05, 0) is 35.7 Å². The van der Waals surface area contributed by atoms with Gasteiger partial charge in [0.15, 0.2) is 4.87 Å². The number of carboxylic acid groups (broad SMARTS) is 1. The normalized spacial score (nSPS) is 13.8. The summed E-state index contributed by atoms with van der Waals surface area (Å²) < 4.78 is 0. The van der Waals surface area contributed by atoms with Crippen LogP contribution in [0.25, 0.3) is 11.1 Å². The number of carbonyl (C=O) groups is 1. The van der Waals surface area contributed by atoms with Crippen LogP contribution in [0, 0.1) is 0 Å². The molecule has 19 heavy (non-hydrogen) atoms. The summed E-state index contributed by atoms with van der Waals surface area (Å²) in [6.07, 6.45) is 0. The minimum Gasteiger partial charge on any atom is -0.480 e. The largest absolute Gasteiger partial charge is 0.480 e. The molecule has 1 unspecified atom stereocenters. The van der Waals surface area contributed by atoms with Crippen molar-refractivity contribution in [1.82, 2.24) is 0 Å². The van der Waals surface area contributed by atoms with E-state index in [2.05, 4.69) is 12.6 Å². The van der Waals surface area contributed by atoms with Crippen LogP contribution in [0.2, 0.25) is 0 Å². The van der Waals surface area contributed by atoms with Gasteiger partial charge in [-0.2, -0.15) is 0 Å². The van der Waals surface area contributed by atoms with Crippen LogP contribution >= 0.6 is 24.2 Å². The van der Waals surface area contributed by atoms with Crippen LogP contribution in [0.4, 0.5) is 0 Å². The number of rotatable bonds is 3. The summed E-state index contributed by atoms with van der Waals surface area (Å²) >= 11 is 10.2. The second kappa shape index (κ2) is 5.27. The number of aliphatic carboxylic acids is 1. The first-order chi connectivity index (χ1) is 8.91. The van der Waals surface area contributed by atoms with E-state index in [0.717, 1.165) is 16.0 Å². The van der Waals surface area contributed by atoms with E-state index < -0.39 is 10.8 Å². The molecule has 0 saturated carbocycles. The number of thiol groups is 1. The summed E-state index contributed by atoms with van der Waals surface area (Å²) in [5, 5.41) is 9.07. The van der Waals surface area contributed by atoms with Crippen molar-refractivity contribution in [2.75, 3.05) is 0 Å². The van der Waals surface area contributed by atoms with Gasteiger partial charge in [-0.25, -0.2) is 4.79 Å². The van der Waals surface area contributed by atoms with Crippen molar-refractivity contribution < 1.29 is 9.90 Å². The highest BCUT2D eigenvalue weighted by Gasteiger charge is 2.32. The maximum atomic E-state index is 11.1. The summed E-state index contributed by atoms with van der Waals surface area (Å²) in [5.74, 6) is -1.05. The van der Waals surface area contributed by atoms with Gasteiger partial charge in [0.2, 0.25) is 0 Å². The molecular formula is C15H13ClO2S. The summed E-state index contributed by atoms with van der Waals surface area (Å²) in [4.78, 5) is 10.6. The standard InChI is InChI=1S/C15H13ClO2S/c1-15(16,14(17)18)12-6-2-10(3-7-12)11-4-8-13(19)9-5-11/h2-9,19H,1H3,(H,17,18). The zero-order valence-electron chi connectivity index (χ0n) is 10.3. The molecule has 0 aliphatic rings. The van der Waals surface area contributed by atoms with Crippen molar-refractivity contribution >= 4 is 30.2 Å². The highest BCUT2D eigenvalue weighted by molar-refractivity contribution is 7.80. The van der Waals surface area contributed by atoms with Crippen molar-refractivity contribution in [1.29, 1.82) is 0 Å². The van der Waals surface area contributed by atoms with E-state index in [1.165, 1.54) is 6.92 Å². The molecule has 0 aliphatic carbocycles. The predicted octanol–water partition coefficient (Wildman–Crippen LogP) is 4.18. The Morgan fingerprint density at radius 1 is 1.05 bits per heavy atom. The Bertz CT molecular complexity index is 589. The summed E-state index contributed by atoms with van der Waals surface area (Å²) in [5.41, 5.74) is 2.63. The van der Waals surface area contributed by atoms with Crippen molar-refractivity contribution in [3.05, 3.63) is 54.1 Å². The molecule has 2 rings (SSSR count). The molecule has 0 aliphatic heterocycles. The number of hydrogen-bond donors (Lipinski definition) is 2. The van der Waals surface area contributed by atoms with Crippen LogP contribution in [0.5, 0.6) is 0 Å². The van der Waals surface area contributed by atoms with E-state index in [1.807, 2.05) is 36.4 Å². The van der Waals surface area contributed by atoms with Crippen molar-refractivity contribution in [3.63, 3.8) is 0 Å². The lowest BCUT2D eigenvalue weighted by Crippen LogP contribution is -2.25. The van der Waals surface area contributed by atoms with Crippen molar-refractivity contribution in [3.8, 4) is 11.1 Å². The molecule has 0 fully saturated rings. The molecular weight excluding hydrogens is 280 g/mol. The van der Waals surface area contributed by atoms with E-state index in [-0.39, 0.29) is 0 Å². The van der Waals surface area contributed by atoms with Gasteiger partial charge in [0, 0.05) is 4.90 Å². The zero-order valence-corrected chi connectivity index (χ0v) is 11.9. The molecule has 4 heteroatoms. The molecule has 98 valence electrons. The maximum absolute atomic E-state index is 11.1. The predicted molar refractivity (Wildman–Crippen MR) is 80.0 cm³/mol. The number of alkyl halides is 1. The van der Waals surface area contributed by atoms with Gasteiger partial charge in [-0.15, -0.1) is 24.2 Å². The molecule has 2 nitrogen and oxygen atoms in total. The van der Waals surface area contributed by atoms with E-state index in [1.54, 1.807) is 12.1 Å². The first kappa shape index (κ1) is 14.0. The van der Waals surface area contributed by atoms with Gasteiger partial charge in [0.25, 0.3) is 0 Å². The van der Waals surface area contributed by atoms with E-state index >= 15 is 0 Å². The molecule has 0 radical (unpaired) electrons. The Morgan fingerprint density at radius 3 is 1.89 bits per heavy atom. The smallest absolute Gasteiger partial charge is 0.329 e. The number of carboxylic acids is 1. The molecule has 1 N–H and O–H groups in total. The lowest BCUT2D eigenvalue weighted by atomic mass is 9.97. The molecule has 0 spiro atoms. The number of hydrogen-bond acceptors (Lipinski definition) is 2. The third-order valence-electron chi connectivity index (χ3n) is 3.03. The zero-order chi connectivity index (χ0) is 14.0. The molecule has 2 aromatic carbocycles.